The van der Waals surface area contributed by atoms with Crippen molar-refractivity contribution in [1.29, 1.82) is 0 Å². The predicted molar refractivity (Wildman–Crippen MR) is 51.6 cm³/mol. The number of ether oxygens (including phenoxy) is 2. The summed E-state index contributed by atoms with van der Waals surface area (Å²) in [6, 6.07) is 0. The minimum absolute atomic E-state index is 0.297. The third kappa shape index (κ3) is 3.60. The molecule has 80 valence electrons. The van der Waals surface area contributed by atoms with Gasteiger partial charge in [-0.05, 0) is 27.7 Å². The summed E-state index contributed by atoms with van der Waals surface area (Å²) in [5.74, 6) is -0.948. The smallest absolute Gasteiger partial charge is 0.334 e. The minimum Gasteiger partial charge on any atom is -0.463 e. The quantitative estimate of drug-likeness (QED) is 0.509. The van der Waals surface area contributed by atoms with Gasteiger partial charge in [0, 0.05) is 11.1 Å². The lowest BCUT2D eigenvalue weighted by Gasteiger charge is -2.06. The van der Waals surface area contributed by atoms with Crippen LogP contribution in [0.4, 0.5) is 0 Å². The van der Waals surface area contributed by atoms with E-state index in [-0.39, 0.29) is 0 Å². The monoisotopic (exact) mass is 200 g/mol. The summed E-state index contributed by atoms with van der Waals surface area (Å²) in [6.07, 6.45) is 0. The van der Waals surface area contributed by atoms with Gasteiger partial charge in [-0.1, -0.05) is 0 Å². The number of rotatable bonds is 4. The molecular weight excluding hydrogens is 184 g/mol. The van der Waals surface area contributed by atoms with E-state index in [0.29, 0.717) is 24.4 Å². The molecule has 14 heavy (non-hydrogen) atoms. The normalized spacial score (nSPS) is 11.7. The van der Waals surface area contributed by atoms with E-state index in [1.165, 1.54) is 0 Å². The zero-order valence-corrected chi connectivity index (χ0v) is 9.05. The van der Waals surface area contributed by atoms with E-state index in [0.717, 1.165) is 0 Å². The molecule has 0 spiro atoms. The van der Waals surface area contributed by atoms with Gasteiger partial charge in [-0.2, -0.15) is 0 Å². The first-order valence-corrected chi connectivity index (χ1v) is 4.56. The summed E-state index contributed by atoms with van der Waals surface area (Å²) in [6.45, 7) is 7.11. The van der Waals surface area contributed by atoms with Crippen LogP contribution in [0.1, 0.15) is 27.7 Å². The van der Waals surface area contributed by atoms with E-state index in [9.17, 15) is 9.59 Å². The zero-order valence-electron chi connectivity index (χ0n) is 9.05. The lowest BCUT2D eigenvalue weighted by atomic mass is 10.1. The maximum atomic E-state index is 11.2. The average Bonchev–Trinajstić information content (AvgIpc) is 2.16. The van der Waals surface area contributed by atoms with Crippen LogP contribution in [-0.2, 0) is 19.1 Å². The van der Waals surface area contributed by atoms with Gasteiger partial charge >= 0.3 is 11.9 Å². The molecule has 0 aliphatic carbocycles. The zero-order chi connectivity index (χ0) is 11.1. The highest BCUT2D eigenvalue weighted by atomic mass is 16.5. The molecule has 0 aromatic carbocycles. The van der Waals surface area contributed by atoms with Gasteiger partial charge in [0.1, 0.15) is 0 Å². The first-order chi connectivity index (χ1) is 6.54. The highest BCUT2D eigenvalue weighted by Crippen LogP contribution is 2.07. The molecule has 0 aliphatic rings. The van der Waals surface area contributed by atoms with Crippen LogP contribution >= 0.6 is 0 Å². The summed E-state index contributed by atoms with van der Waals surface area (Å²) in [5.41, 5.74) is 0.593. The molecule has 0 saturated carbocycles. The molecule has 4 heteroatoms. The predicted octanol–water partition coefficient (Wildman–Crippen LogP) is 1.45. The third-order valence-electron chi connectivity index (χ3n) is 1.73. The second-order valence-electron chi connectivity index (χ2n) is 2.69. The summed E-state index contributed by atoms with van der Waals surface area (Å²) >= 11 is 0. The number of hydrogen-bond acceptors (Lipinski definition) is 4. The number of carbonyl (C=O) groups excluding carboxylic acids is 2. The fourth-order valence-electron chi connectivity index (χ4n) is 0.785. The van der Waals surface area contributed by atoms with Gasteiger partial charge in [-0.15, -0.1) is 0 Å². The van der Waals surface area contributed by atoms with Crippen molar-refractivity contribution in [2.24, 2.45) is 0 Å². The van der Waals surface area contributed by atoms with Crippen molar-refractivity contribution in [3.8, 4) is 0 Å². The maximum absolute atomic E-state index is 11.2. The van der Waals surface area contributed by atoms with Crippen LogP contribution in [0.15, 0.2) is 11.1 Å². The molecule has 0 aromatic rings. The van der Waals surface area contributed by atoms with Gasteiger partial charge < -0.3 is 9.47 Å². The summed E-state index contributed by atoms with van der Waals surface area (Å²) in [4.78, 5) is 22.4. The molecule has 0 radical (unpaired) electrons. The van der Waals surface area contributed by atoms with Crippen molar-refractivity contribution < 1.29 is 19.1 Å². The molecule has 0 unspecified atom stereocenters. The molecule has 0 fully saturated rings. The van der Waals surface area contributed by atoms with Crippen molar-refractivity contribution in [3.05, 3.63) is 11.1 Å². The molecule has 0 amide bonds. The Kier molecular flexibility index (Phi) is 5.60. The highest BCUT2D eigenvalue weighted by molar-refractivity contribution is 5.99. The molecule has 0 heterocycles. The van der Waals surface area contributed by atoms with E-state index in [4.69, 9.17) is 9.47 Å². The molecule has 0 rings (SSSR count). The molecule has 0 aromatic heterocycles. The van der Waals surface area contributed by atoms with Gasteiger partial charge in [-0.25, -0.2) is 9.59 Å². The Labute approximate surface area is 83.9 Å². The van der Waals surface area contributed by atoms with Gasteiger partial charge in [0.15, 0.2) is 0 Å². The molecule has 0 saturated heterocycles. The third-order valence-corrected chi connectivity index (χ3v) is 1.73. The Balaban J connectivity index is 4.57. The van der Waals surface area contributed by atoms with Crippen LogP contribution in [-0.4, -0.2) is 25.2 Å². The van der Waals surface area contributed by atoms with Crippen LogP contribution in [0, 0.1) is 0 Å². The van der Waals surface area contributed by atoms with Crippen molar-refractivity contribution in [2.75, 3.05) is 13.2 Å². The van der Waals surface area contributed by atoms with Crippen molar-refractivity contribution >= 4 is 11.9 Å². The maximum Gasteiger partial charge on any atom is 0.334 e. The largest absolute Gasteiger partial charge is 0.463 e. The molecule has 0 bridgehead atoms. The van der Waals surface area contributed by atoms with Crippen LogP contribution < -0.4 is 0 Å². The molecule has 0 N–H and O–H groups in total. The Morgan fingerprint density at radius 2 is 1.14 bits per heavy atom. The lowest BCUT2D eigenvalue weighted by molar-refractivity contribution is -0.141. The number of carbonyl (C=O) groups is 2. The van der Waals surface area contributed by atoms with Crippen LogP contribution in [0.25, 0.3) is 0 Å². The topological polar surface area (TPSA) is 52.6 Å². The minimum atomic E-state index is -0.474. The van der Waals surface area contributed by atoms with Gasteiger partial charge in [0.2, 0.25) is 0 Å². The fraction of sp³-hybridized carbons (Fsp3) is 0.600. The Bertz CT molecular complexity index is 227. The standard InChI is InChI=1S/C10H16O4/c1-5-13-9(11)7(3)8(4)10(12)14-6-2/h5-6H2,1-4H3. The van der Waals surface area contributed by atoms with E-state index < -0.39 is 11.9 Å². The van der Waals surface area contributed by atoms with Crippen molar-refractivity contribution in [1.82, 2.24) is 0 Å². The van der Waals surface area contributed by atoms with Gasteiger partial charge in [-0.3, -0.25) is 0 Å². The molecule has 0 atom stereocenters. The van der Waals surface area contributed by atoms with Crippen molar-refractivity contribution in [3.63, 3.8) is 0 Å². The summed E-state index contributed by atoms with van der Waals surface area (Å²) in [7, 11) is 0. The molecular formula is C10H16O4. The van der Waals surface area contributed by atoms with Crippen LogP contribution in [0.5, 0.6) is 0 Å². The van der Waals surface area contributed by atoms with E-state index in [2.05, 4.69) is 0 Å². The second-order valence-corrected chi connectivity index (χ2v) is 2.69. The lowest BCUT2D eigenvalue weighted by Crippen LogP contribution is -2.13. The second kappa shape index (κ2) is 6.18. The summed E-state index contributed by atoms with van der Waals surface area (Å²) < 4.78 is 9.50. The molecule has 0 aliphatic heterocycles. The van der Waals surface area contributed by atoms with Gasteiger partial charge in [0.05, 0.1) is 13.2 Å². The fourth-order valence-corrected chi connectivity index (χ4v) is 0.785. The van der Waals surface area contributed by atoms with E-state index in [1.54, 1.807) is 27.7 Å². The first kappa shape index (κ1) is 12.7. The SMILES string of the molecule is CCOC(=O)C(C)=C(C)C(=O)OCC. The van der Waals surface area contributed by atoms with E-state index in [1.807, 2.05) is 0 Å². The summed E-state index contributed by atoms with van der Waals surface area (Å²) in [5, 5.41) is 0. The Hall–Kier alpha value is -1.32. The van der Waals surface area contributed by atoms with Gasteiger partial charge in [0.25, 0.3) is 0 Å². The number of esters is 2. The highest BCUT2D eigenvalue weighted by Gasteiger charge is 2.14. The van der Waals surface area contributed by atoms with Crippen LogP contribution in [0.3, 0.4) is 0 Å². The number of hydrogen-bond donors (Lipinski definition) is 0. The first-order valence-electron chi connectivity index (χ1n) is 4.56. The Morgan fingerprint density at radius 1 is 0.857 bits per heavy atom. The van der Waals surface area contributed by atoms with Crippen LogP contribution in [0.2, 0.25) is 0 Å². The Morgan fingerprint density at radius 3 is 1.36 bits per heavy atom. The van der Waals surface area contributed by atoms with Crippen molar-refractivity contribution in [2.45, 2.75) is 27.7 Å². The molecule has 4 nitrogen and oxygen atoms in total. The van der Waals surface area contributed by atoms with E-state index >= 15 is 0 Å². The average molecular weight is 200 g/mol.